The van der Waals surface area contributed by atoms with Gasteiger partial charge in [0.05, 0.1) is 21.4 Å². The van der Waals surface area contributed by atoms with Crippen LogP contribution in [0.25, 0.3) is 0 Å². The number of carbonyl (C=O) groups is 1. The molecular formula is C14H10F2O2S. The van der Waals surface area contributed by atoms with Gasteiger partial charge in [-0.05, 0) is 18.2 Å². The molecule has 1 atom stereocenters. The van der Waals surface area contributed by atoms with E-state index in [9.17, 15) is 17.8 Å². The fourth-order valence-corrected chi connectivity index (χ4v) is 2.65. The Balaban J connectivity index is 2.18. The zero-order valence-electron chi connectivity index (χ0n) is 9.81. The van der Waals surface area contributed by atoms with Crippen molar-refractivity contribution in [2.75, 3.05) is 5.75 Å². The Labute approximate surface area is 111 Å². The van der Waals surface area contributed by atoms with E-state index in [0.29, 0.717) is 5.56 Å². The molecule has 1 unspecified atom stereocenters. The molecule has 2 aromatic carbocycles. The van der Waals surface area contributed by atoms with E-state index in [4.69, 9.17) is 0 Å². The van der Waals surface area contributed by atoms with Gasteiger partial charge >= 0.3 is 0 Å². The highest BCUT2D eigenvalue weighted by Gasteiger charge is 2.16. The molecule has 0 amide bonds. The highest BCUT2D eigenvalue weighted by atomic mass is 32.2. The Morgan fingerprint density at radius 3 is 2.42 bits per heavy atom. The Bertz CT molecular complexity index is 627. The number of hydrogen-bond donors (Lipinski definition) is 0. The lowest BCUT2D eigenvalue weighted by atomic mass is 10.2. The minimum Gasteiger partial charge on any atom is -0.293 e. The Kier molecular flexibility index (Phi) is 4.16. The van der Waals surface area contributed by atoms with Crippen LogP contribution in [0.4, 0.5) is 8.78 Å². The summed E-state index contributed by atoms with van der Waals surface area (Å²) >= 11 is 0. The summed E-state index contributed by atoms with van der Waals surface area (Å²) in [6.07, 6.45) is 0. The molecule has 0 saturated carbocycles. The van der Waals surface area contributed by atoms with Gasteiger partial charge in [0.1, 0.15) is 11.6 Å². The van der Waals surface area contributed by atoms with Crippen molar-refractivity contribution in [3.8, 4) is 0 Å². The van der Waals surface area contributed by atoms with Crippen molar-refractivity contribution >= 4 is 16.6 Å². The molecule has 0 radical (unpaired) electrons. The normalized spacial score (nSPS) is 12.1. The van der Waals surface area contributed by atoms with Gasteiger partial charge in [-0.15, -0.1) is 0 Å². The average molecular weight is 280 g/mol. The van der Waals surface area contributed by atoms with Crippen LogP contribution in [0.5, 0.6) is 0 Å². The average Bonchev–Trinajstić information content (AvgIpc) is 2.42. The Morgan fingerprint density at radius 1 is 1.05 bits per heavy atom. The van der Waals surface area contributed by atoms with Gasteiger partial charge in [-0.2, -0.15) is 0 Å². The summed E-state index contributed by atoms with van der Waals surface area (Å²) < 4.78 is 38.3. The van der Waals surface area contributed by atoms with E-state index in [0.717, 1.165) is 18.2 Å². The first kappa shape index (κ1) is 13.5. The predicted octanol–water partition coefficient (Wildman–Crippen LogP) is 2.96. The second-order valence-corrected chi connectivity index (χ2v) is 5.27. The molecular weight excluding hydrogens is 270 g/mol. The first-order valence-electron chi connectivity index (χ1n) is 5.49. The van der Waals surface area contributed by atoms with E-state index in [1.54, 1.807) is 30.3 Å². The minimum atomic E-state index is -1.90. The molecule has 0 saturated heterocycles. The first-order chi connectivity index (χ1) is 9.08. The van der Waals surface area contributed by atoms with Crippen LogP contribution < -0.4 is 0 Å². The number of ketones is 1. The van der Waals surface area contributed by atoms with Crippen molar-refractivity contribution in [3.05, 3.63) is 65.7 Å². The summed E-state index contributed by atoms with van der Waals surface area (Å²) in [6, 6.07) is 11.0. The van der Waals surface area contributed by atoms with E-state index >= 15 is 0 Å². The van der Waals surface area contributed by atoms with Gasteiger partial charge in [-0.25, -0.2) is 8.78 Å². The van der Waals surface area contributed by atoms with Crippen molar-refractivity contribution in [2.45, 2.75) is 4.90 Å². The maximum atomic E-state index is 13.4. The summed E-state index contributed by atoms with van der Waals surface area (Å²) in [6.45, 7) is 0. The SMILES string of the molecule is O=C(CS(=O)c1cc(F)ccc1F)c1ccccc1. The lowest BCUT2D eigenvalue weighted by Crippen LogP contribution is -2.12. The molecule has 0 N–H and O–H groups in total. The molecule has 0 aliphatic carbocycles. The van der Waals surface area contributed by atoms with Gasteiger partial charge < -0.3 is 0 Å². The van der Waals surface area contributed by atoms with E-state index in [2.05, 4.69) is 0 Å². The molecule has 2 rings (SSSR count). The molecule has 0 aliphatic rings. The predicted molar refractivity (Wildman–Crippen MR) is 68.4 cm³/mol. The van der Waals surface area contributed by atoms with Gasteiger partial charge in [-0.1, -0.05) is 30.3 Å². The van der Waals surface area contributed by atoms with Crippen LogP contribution in [0.3, 0.4) is 0 Å². The molecule has 0 heterocycles. The monoisotopic (exact) mass is 280 g/mol. The van der Waals surface area contributed by atoms with Crippen molar-refractivity contribution in [3.63, 3.8) is 0 Å². The maximum absolute atomic E-state index is 13.4. The number of hydrogen-bond acceptors (Lipinski definition) is 2. The highest BCUT2D eigenvalue weighted by Crippen LogP contribution is 2.15. The van der Waals surface area contributed by atoms with E-state index < -0.39 is 22.4 Å². The van der Waals surface area contributed by atoms with Crippen LogP contribution in [0.1, 0.15) is 10.4 Å². The molecule has 19 heavy (non-hydrogen) atoms. The Morgan fingerprint density at radius 2 is 1.74 bits per heavy atom. The van der Waals surface area contributed by atoms with Gasteiger partial charge in [0, 0.05) is 5.56 Å². The van der Waals surface area contributed by atoms with Crippen molar-refractivity contribution < 1.29 is 17.8 Å². The fourth-order valence-electron chi connectivity index (χ4n) is 1.56. The number of halogens is 2. The van der Waals surface area contributed by atoms with Crippen LogP contribution >= 0.6 is 0 Å². The fraction of sp³-hybridized carbons (Fsp3) is 0.0714. The third kappa shape index (κ3) is 3.32. The molecule has 98 valence electrons. The zero-order valence-corrected chi connectivity index (χ0v) is 10.6. The Hall–Kier alpha value is -1.88. The summed E-state index contributed by atoms with van der Waals surface area (Å²) in [5.74, 6) is -2.20. The van der Waals surface area contributed by atoms with Crippen molar-refractivity contribution in [1.29, 1.82) is 0 Å². The van der Waals surface area contributed by atoms with Crippen LogP contribution in [-0.2, 0) is 10.8 Å². The third-order valence-corrected chi connectivity index (χ3v) is 3.82. The lowest BCUT2D eigenvalue weighted by molar-refractivity contribution is 0.102. The number of benzene rings is 2. The van der Waals surface area contributed by atoms with Crippen LogP contribution in [-0.4, -0.2) is 15.7 Å². The largest absolute Gasteiger partial charge is 0.293 e. The smallest absolute Gasteiger partial charge is 0.175 e. The van der Waals surface area contributed by atoms with Gasteiger partial charge in [0.15, 0.2) is 5.78 Å². The maximum Gasteiger partial charge on any atom is 0.175 e. The second kappa shape index (κ2) is 5.84. The van der Waals surface area contributed by atoms with Gasteiger partial charge in [0.2, 0.25) is 0 Å². The summed E-state index contributed by atoms with van der Waals surface area (Å²) in [4.78, 5) is 11.5. The molecule has 0 aromatic heterocycles. The number of rotatable bonds is 4. The molecule has 0 aliphatic heterocycles. The molecule has 2 aromatic rings. The molecule has 0 bridgehead atoms. The number of carbonyl (C=O) groups excluding carboxylic acids is 1. The van der Waals surface area contributed by atoms with Crippen LogP contribution in [0.15, 0.2) is 53.4 Å². The topological polar surface area (TPSA) is 34.1 Å². The van der Waals surface area contributed by atoms with Crippen LogP contribution in [0, 0.1) is 11.6 Å². The van der Waals surface area contributed by atoms with Crippen molar-refractivity contribution in [1.82, 2.24) is 0 Å². The van der Waals surface area contributed by atoms with E-state index in [-0.39, 0.29) is 16.4 Å². The molecule has 0 fully saturated rings. The lowest BCUT2D eigenvalue weighted by Gasteiger charge is -2.04. The summed E-state index contributed by atoms with van der Waals surface area (Å²) in [7, 11) is -1.90. The molecule has 5 heteroatoms. The van der Waals surface area contributed by atoms with E-state index in [1.165, 1.54) is 0 Å². The van der Waals surface area contributed by atoms with Crippen molar-refractivity contribution in [2.24, 2.45) is 0 Å². The second-order valence-electron chi connectivity index (χ2n) is 3.85. The van der Waals surface area contributed by atoms with Gasteiger partial charge in [-0.3, -0.25) is 9.00 Å². The highest BCUT2D eigenvalue weighted by molar-refractivity contribution is 7.85. The van der Waals surface area contributed by atoms with E-state index in [1.807, 2.05) is 0 Å². The minimum absolute atomic E-state index is 0.288. The third-order valence-electron chi connectivity index (χ3n) is 2.50. The number of Topliss-reactive ketones (excluding diaryl/α,β-unsaturated/α-hetero) is 1. The zero-order chi connectivity index (χ0) is 13.8. The van der Waals surface area contributed by atoms with Crippen LogP contribution in [0.2, 0.25) is 0 Å². The summed E-state index contributed by atoms with van der Waals surface area (Å²) in [5.41, 5.74) is 0.396. The molecule has 2 nitrogen and oxygen atoms in total. The van der Waals surface area contributed by atoms with Gasteiger partial charge in [0.25, 0.3) is 0 Å². The standard InChI is InChI=1S/C14H10F2O2S/c15-11-6-7-12(16)14(8-11)19(18)9-13(17)10-4-2-1-3-5-10/h1-8H,9H2. The molecule has 0 spiro atoms. The first-order valence-corrected chi connectivity index (χ1v) is 6.81. The quantitative estimate of drug-likeness (QED) is 0.807. The summed E-state index contributed by atoms with van der Waals surface area (Å²) in [5, 5.41) is 0.